The number of nitro groups is 1. The van der Waals surface area contributed by atoms with Crippen molar-refractivity contribution in [2.75, 3.05) is 12.0 Å². The minimum Gasteiger partial charge on any atom is -0.493 e. The van der Waals surface area contributed by atoms with Gasteiger partial charge in [0.05, 0.1) is 22.2 Å². The summed E-state index contributed by atoms with van der Waals surface area (Å²) in [5, 5.41) is 13.9. The van der Waals surface area contributed by atoms with E-state index in [4.69, 9.17) is 25.8 Å². The number of rotatable bonds is 10. The van der Waals surface area contributed by atoms with E-state index in [-0.39, 0.29) is 29.3 Å². The van der Waals surface area contributed by atoms with Crippen LogP contribution < -0.4 is 24.4 Å². The van der Waals surface area contributed by atoms with Crippen LogP contribution in [0.3, 0.4) is 0 Å². The van der Waals surface area contributed by atoms with E-state index < -0.39 is 22.8 Å². The lowest BCUT2D eigenvalue weighted by atomic mass is 10.1. The number of nitro benzene ring substituents is 1. The minimum atomic E-state index is -0.888. The SMILES string of the molecule is COc1cc(/C=C2\C(=O)NC(=O)N(c3ccc(OCc4ccc(Cl)cc4)cc3)C2=O)cc(Br)c1OCc1cccc([N+](=O)[O-])c1. The molecule has 0 unspecified atom stereocenters. The molecule has 0 aromatic heterocycles. The van der Waals surface area contributed by atoms with Crippen LogP contribution in [0.5, 0.6) is 17.2 Å². The van der Waals surface area contributed by atoms with Crippen molar-refractivity contribution >= 4 is 62.8 Å². The number of carbonyl (C=O) groups is 3. The number of ether oxygens (including phenoxy) is 3. The van der Waals surface area contributed by atoms with Crippen molar-refractivity contribution in [2.24, 2.45) is 0 Å². The van der Waals surface area contributed by atoms with Crippen LogP contribution in [0.15, 0.2) is 95.0 Å². The van der Waals surface area contributed by atoms with Crippen LogP contribution in [-0.4, -0.2) is 29.9 Å². The quantitative estimate of drug-likeness (QED) is 0.0825. The second-order valence-electron chi connectivity index (χ2n) is 9.62. The molecule has 0 spiro atoms. The number of anilines is 1. The summed E-state index contributed by atoms with van der Waals surface area (Å²) in [5.41, 5.74) is 1.77. The maximum atomic E-state index is 13.4. The highest BCUT2D eigenvalue weighted by Crippen LogP contribution is 2.38. The number of hydrogen-bond acceptors (Lipinski definition) is 8. The Kier molecular flexibility index (Phi) is 9.45. The van der Waals surface area contributed by atoms with E-state index in [0.29, 0.717) is 38.7 Å². The minimum absolute atomic E-state index is 0.0139. The van der Waals surface area contributed by atoms with Crippen LogP contribution in [0.2, 0.25) is 5.02 Å². The van der Waals surface area contributed by atoms with Gasteiger partial charge < -0.3 is 14.2 Å². The molecular weight excluding hydrogens is 670 g/mol. The van der Waals surface area contributed by atoms with Crippen LogP contribution in [0.1, 0.15) is 16.7 Å². The van der Waals surface area contributed by atoms with E-state index >= 15 is 0 Å². The highest BCUT2D eigenvalue weighted by atomic mass is 79.9. The van der Waals surface area contributed by atoms with Gasteiger partial charge in [0.25, 0.3) is 17.5 Å². The molecule has 13 heteroatoms. The van der Waals surface area contributed by atoms with Gasteiger partial charge in [0.2, 0.25) is 0 Å². The molecule has 0 radical (unpaired) electrons. The lowest BCUT2D eigenvalue weighted by Crippen LogP contribution is -2.54. The van der Waals surface area contributed by atoms with Crippen molar-refractivity contribution < 1.29 is 33.5 Å². The summed E-state index contributed by atoms with van der Waals surface area (Å²) < 4.78 is 17.6. The van der Waals surface area contributed by atoms with Crippen LogP contribution >= 0.6 is 27.5 Å². The molecule has 1 aliphatic rings. The third kappa shape index (κ3) is 7.31. The molecule has 0 saturated carbocycles. The van der Waals surface area contributed by atoms with E-state index in [1.54, 1.807) is 48.5 Å². The zero-order valence-electron chi connectivity index (χ0n) is 23.5. The Morgan fingerprint density at radius 2 is 1.64 bits per heavy atom. The summed E-state index contributed by atoms with van der Waals surface area (Å²) in [7, 11) is 1.42. The monoisotopic (exact) mass is 691 g/mol. The molecule has 1 fully saturated rings. The molecule has 0 atom stereocenters. The van der Waals surface area contributed by atoms with Gasteiger partial charge in [-0.3, -0.25) is 25.0 Å². The van der Waals surface area contributed by atoms with Gasteiger partial charge in [-0.15, -0.1) is 0 Å². The first-order valence-corrected chi connectivity index (χ1v) is 14.4. The normalized spacial score (nSPS) is 13.9. The number of nitrogens with one attached hydrogen (secondary N) is 1. The standard InChI is InChI=1S/C32H23BrClN3O8/c1-43-28-16-21(15-27(33)29(28)45-18-20-3-2-4-24(13-20)37(41)42)14-26-30(38)35-32(40)36(31(26)39)23-9-11-25(12-10-23)44-17-19-5-7-22(34)8-6-19/h2-16H,17-18H2,1H3,(H,35,38,40)/b26-14+. The fraction of sp³-hybridized carbons (Fsp3) is 0.0938. The van der Waals surface area contributed by atoms with E-state index in [9.17, 15) is 24.5 Å². The predicted octanol–water partition coefficient (Wildman–Crippen LogP) is 6.84. The third-order valence-corrected chi connectivity index (χ3v) is 7.42. The van der Waals surface area contributed by atoms with E-state index in [2.05, 4.69) is 21.2 Å². The highest BCUT2D eigenvalue weighted by molar-refractivity contribution is 9.10. The van der Waals surface area contributed by atoms with Gasteiger partial charge in [0.15, 0.2) is 11.5 Å². The van der Waals surface area contributed by atoms with Gasteiger partial charge >= 0.3 is 6.03 Å². The van der Waals surface area contributed by atoms with Crippen molar-refractivity contribution in [3.8, 4) is 17.2 Å². The number of carbonyl (C=O) groups excluding carboxylic acids is 3. The van der Waals surface area contributed by atoms with E-state index in [1.807, 2.05) is 12.1 Å². The third-order valence-electron chi connectivity index (χ3n) is 6.58. The number of methoxy groups -OCH3 is 1. The first kappa shape index (κ1) is 31.2. The lowest BCUT2D eigenvalue weighted by Gasteiger charge is -2.26. The van der Waals surface area contributed by atoms with E-state index in [0.717, 1.165) is 10.5 Å². The Bertz CT molecular complexity index is 1830. The van der Waals surface area contributed by atoms with Crippen LogP contribution in [-0.2, 0) is 22.8 Å². The van der Waals surface area contributed by atoms with Gasteiger partial charge in [-0.05, 0) is 87.2 Å². The molecule has 1 aliphatic heterocycles. The smallest absolute Gasteiger partial charge is 0.335 e. The number of hydrogen-bond donors (Lipinski definition) is 1. The Labute approximate surface area is 270 Å². The molecule has 4 aromatic rings. The first-order chi connectivity index (χ1) is 21.6. The topological polar surface area (TPSA) is 137 Å². The Hall–Kier alpha value is -5.20. The molecule has 1 heterocycles. The number of imide groups is 2. The number of non-ortho nitro benzene ring substituents is 1. The predicted molar refractivity (Wildman–Crippen MR) is 169 cm³/mol. The summed E-state index contributed by atoms with van der Waals surface area (Å²) in [6.07, 6.45) is 1.33. The summed E-state index contributed by atoms with van der Waals surface area (Å²) >= 11 is 9.35. The second-order valence-corrected chi connectivity index (χ2v) is 10.9. The van der Waals surface area contributed by atoms with Crippen LogP contribution in [0, 0.1) is 10.1 Å². The number of barbiturate groups is 1. The maximum absolute atomic E-state index is 13.4. The molecule has 1 saturated heterocycles. The molecule has 5 rings (SSSR count). The zero-order valence-corrected chi connectivity index (χ0v) is 25.8. The molecule has 4 amide bonds. The van der Waals surface area contributed by atoms with Crippen molar-refractivity contribution in [3.05, 3.63) is 127 Å². The Morgan fingerprint density at radius 3 is 2.33 bits per heavy atom. The van der Waals surface area contributed by atoms with Crippen LogP contribution in [0.4, 0.5) is 16.2 Å². The number of amides is 4. The first-order valence-electron chi connectivity index (χ1n) is 13.3. The van der Waals surface area contributed by atoms with Crippen LogP contribution in [0.25, 0.3) is 6.08 Å². The average Bonchev–Trinajstić information content (AvgIpc) is 3.02. The molecule has 11 nitrogen and oxygen atoms in total. The fourth-order valence-corrected chi connectivity index (χ4v) is 5.08. The summed E-state index contributed by atoms with van der Waals surface area (Å²) in [4.78, 5) is 50.3. The van der Waals surface area contributed by atoms with Gasteiger partial charge in [-0.1, -0.05) is 35.9 Å². The second kappa shape index (κ2) is 13.6. The van der Waals surface area contributed by atoms with Crippen molar-refractivity contribution in [3.63, 3.8) is 0 Å². The lowest BCUT2D eigenvalue weighted by molar-refractivity contribution is -0.384. The van der Waals surface area contributed by atoms with Gasteiger partial charge in [-0.25, -0.2) is 9.69 Å². The highest BCUT2D eigenvalue weighted by Gasteiger charge is 2.37. The van der Waals surface area contributed by atoms with Crippen molar-refractivity contribution in [1.82, 2.24) is 5.32 Å². The summed E-state index contributed by atoms with van der Waals surface area (Å²) in [5.74, 6) is -0.590. The number of benzene rings is 4. The number of nitrogens with zero attached hydrogens (tertiary/aromatic N) is 2. The Morgan fingerprint density at radius 1 is 0.933 bits per heavy atom. The maximum Gasteiger partial charge on any atom is 0.335 e. The van der Waals surface area contributed by atoms with Crippen molar-refractivity contribution in [1.29, 1.82) is 0 Å². The van der Waals surface area contributed by atoms with Gasteiger partial charge in [0.1, 0.15) is 24.5 Å². The average molecular weight is 693 g/mol. The number of urea groups is 1. The molecule has 4 aromatic carbocycles. The molecule has 1 N–H and O–H groups in total. The summed E-state index contributed by atoms with van der Waals surface area (Å²) in [6.45, 7) is 0.304. The molecule has 0 bridgehead atoms. The summed E-state index contributed by atoms with van der Waals surface area (Å²) in [6, 6.07) is 21.8. The largest absolute Gasteiger partial charge is 0.493 e. The fourth-order valence-electron chi connectivity index (χ4n) is 4.38. The Balaban J connectivity index is 1.33. The zero-order chi connectivity index (χ0) is 32.1. The number of halogens is 2. The van der Waals surface area contributed by atoms with Gasteiger partial charge in [-0.2, -0.15) is 0 Å². The molecule has 45 heavy (non-hydrogen) atoms. The van der Waals surface area contributed by atoms with Gasteiger partial charge in [0, 0.05) is 17.2 Å². The molecule has 228 valence electrons. The van der Waals surface area contributed by atoms with E-state index in [1.165, 1.54) is 37.5 Å². The molecular formula is C32H23BrClN3O8. The van der Waals surface area contributed by atoms with Crippen molar-refractivity contribution in [2.45, 2.75) is 13.2 Å². The molecule has 0 aliphatic carbocycles.